The van der Waals surface area contributed by atoms with Crippen molar-refractivity contribution in [1.29, 1.82) is 0 Å². The van der Waals surface area contributed by atoms with Gasteiger partial charge < -0.3 is 14.2 Å². The van der Waals surface area contributed by atoms with Gasteiger partial charge in [-0.05, 0) is 19.8 Å². The number of carbonyl (C=O) groups excluding carboxylic acids is 1. The lowest BCUT2D eigenvalue weighted by molar-refractivity contribution is -0.219. The van der Waals surface area contributed by atoms with Crippen molar-refractivity contribution in [1.82, 2.24) is 0 Å². The maximum Gasteiger partial charge on any atom is 0.335 e. The summed E-state index contributed by atoms with van der Waals surface area (Å²) in [6.07, 6.45) is 2.20. The normalized spacial score (nSPS) is 20.8. The zero-order valence-corrected chi connectivity index (χ0v) is 10.2. The quantitative estimate of drug-likeness (QED) is 0.410. The van der Waals surface area contributed by atoms with Crippen molar-refractivity contribution in [3.05, 3.63) is 12.2 Å². The van der Waals surface area contributed by atoms with Gasteiger partial charge in [0.05, 0.1) is 12.7 Å². The van der Waals surface area contributed by atoms with Crippen molar-refractivity contribution in [2.24, 2.45) is 0 Å². The van der Waals surface area contributed by atoms with Crippen LogP contribution in [0.4, 0.5) is 0 Å². The van der Waals surface area contributed by atoms with Gasteiger partial charge in [0, 0.05) is 26.0 Å². The highest BCUT2D eigenvalue weighted by atomic mass is 16.7. The van der Waals surface area contributed by atoms with Gasteiger partial charge in [-0.1, -0.05) is 6.58 Å². The Kier molecular flexibility index (Phi) is 4.50. The molecule has 4 heteroatoms. The standard InChI is InChI=1S/C12H20O4/c1-9(2)11(13)16-12(3,4)15-8-10-6-5-7-14-10/h10H,1,5-8H2,2-4H3. The maximum absolute atomic E-state index is 11.3. The average molecular weight is 228 g/mol. The predicted octanol–water partition coefficient (Wildman–Crippen LogP) is 2.04. The Hall–Kier alpha value is -0.870. The monoisotopic (exact) mass is 228 g/mol. The van der Waals surface area contributed by atoms with E-state index in [1.54, 1.807) is 20.8 Å². The summed E-state index contributed by atoms with van der Waals surface area (Å²) < 4.78 is 16.1. The Bertz CT molecular complexity index is 264. The van der Waals surface area contributed by atoms with Gasteiger partial charge in [0.25, 0.3) is 0 Å². The Morgan fingerprint density at radius 1 is 1.56 bits per heavy atom. The molecule has 1 heterocycles. The van der Waals surface area contributed by atoms with Crippen molar-refractivity contribution in [2.75, 3.05) is 13.2 Å². The number of ether oxygens (including phenoxy) is 3. The van der Waals surface area contributed by atoms with Crippen LogP contribution in [-0.4, -0.2) is 31.1 Å². The molecule has 0 bridgehead atoms. The van der Waals surface area contributed by atoms with E-state index in [-0.39, 0.29) is 6.10 Å². The van der Waals surface area contributed by atoms with Crippen LogP contribution in [0.2, 0.25) is 0 Å². The van der Waals surface area contributed by atoms with E-state index < -0.39 is 11.8 Å². The molecule has 1 unspecified atom stereocenters. The third-order valence-electron chi connectivity index (χ3n) is 2.33. The number of rotatable bonds is 5. The summed E-state index contributed by atoms with van der Waals surface area (Å²) in [5.74, 6) is -1.36. The van der Waals surface area contributed by atoms with Crippen LogP contribution in [-0.2, 0) is 19.0 Å². The molecule has 0 spiro atoms. The number of esters is 1. The van der Waals surface area contributed by atoms with Gasteiger partial charge in [0.2, 0.25) is 5.79 Å². The van der Waals surface area contributed by atoms with E-state index in [2.05, 4.69) is 6.58 Å². The van der Waals surface area contributed by atoms with E-state index in [0.717, 1.165) is 19.4 Å². The van der Waals surface area contributed by atoms with Crippen molar-refractivity contribution >= 4 is 5.97 Å². The van der Waals surface area contributed by atoms with Crippen molar-refractivity contribution in [2.45, 2.75) is 45.5 Å². The Labute approximate surface area is 96.6 Å². The smallest absolute Gasteiger partial charge is 0.335 e. The highest BCUT2D eigenvalue weighted by Gasteiger charge is 2.26. The summed E-state index contributed by atoms with van der Waals surface area (Å²) in [4.78, 5) is 11.3. The van der Waals surface area contributed by atoms with Crippen molar-refractivity contribution < 1.29 is 19.0 Å². The molecule has 0 aliphatic carbocycles. The second-order valence-corrected chi connectivity index (χ2v) is 4.52. The summed E-state index contributed by atoms with van der Waals surface area (Å²) in [6.45, 7) is 9.80. The fourth-order valence-corrected chi connectivity index (χ4v) is 1.41. The first kappa shape index (κ1) is 13.2. The zero-order valence-electron chi connectivity index (χ0n) is 10.2. The van der Waals surface area contributed by atoms with Gasteiger partial charge in [-0.3, -0.25) is 0 Å². The second-order valence-electron chi connectivity index (χ2n) is 4.52. The van der Waals surface area contributed by atoms with Crippen LogP contribution in [0.1, 0.15) is 33.6 Å². The molecule has 16 heavy (non-hydrogen) atoms. The third kappa shape index (κ3) is 4.33. The van der Waals surface area contributed by atoms with Crippen LogP contribution in [0.15, 0.2) is 12.2 Å². The molecule has 4 nitrogen and oxygen atoms in total. The van der Waals surface area contributed by atoms with Crippen LogP contribution in [0.5, 0.6) is 0 Å². The van der Waals surface area contributed by atoms with Gasteiger partial charge in [-0.15, -0.1) is 0 Å². The van der Waals surface area contributed by atoms with E-state index in [9.17, 15) is 4.79 Å². The Morgan fingerprint density at radius 3 is 2.75 bits per heavy atom. The van der Waals surface area contributed by atoms with Gasteiger partial charge in [-0.25, -0.2) is 4.79 Å². The van der Waals surface area contributed by atoms with Crippen molar-refractivity contribution in [3.8, 4) is 0 Å². The molecule has 1 aliphatic heterocycles. The molecule has 0 radical (unpaired) electrons. The van der Waals surface area contributed by atoms with Crippen LogP contribution in [0, 0.1) is 0 Å². The lowest BCUT2D eigenvalue weighted by atomic mass is 10.2. The minimum absolute atomic E-state index is 0.128. The van der Waals surface area contributed by atoms with Gasteiger partial charge in [0.1, 0.15) is 0 Å². The zero-order chi connectivity index (χ0) is 12.2. The first-order valence-corrected chi connectivity index (χ1v) is 5.55. The molecule has 92 valence electrons. The molecule has 0 amide bonds. The number of hydrogen-bond acceptors (Lipinski definition) is 4. The minimum Gasteiger partial charge on any atom is -0.430 e. The molecule has 0 N–H and O–H groups in total. The summed E-state index contributed by atoms with van der Waals surface area (Å²) in [6, 6.07) is 0. The maximum atomic E-state index is 11.3. The first-order chi connectivity index (χ1) is 7.41. The van der Waals surface area contributed by atoms with Crippen molar-refractivity contribution in [3.63, 3.8) is 0 Å². The van der Waals surface area contributed by atoms with E-state index >= 15 is 0 Å². The fraction of sp³-hybridized carbons (Fsp3) is 0.750. The van der Waals surface area contributed by atoms with E-state index in [0.29, 0.717) is 12.2 Å². The first-order valence-electron chi connectivity index (χ1n) is 5.55. The lowest BCUT2D eigenvalue weighted by Gasteiger charge is -2.26. The molecule has 1 aliphatic rings. The largest absolute Gasteiger partial charge is 0.430 e. The minimum atomic E-state index is -0.929. The second kappa shape index (κ2) is 5.46. The Balaban J connectivity index is 2.32. The van der Waals surface area contributed by atoms with Gasteiger partial charge >= 0.3 is 5.97 Å². The molecule has 1 fully saturated rings. The molecule has 0 saturated carbocycles. The van der Waals surface area contributed by atoms with Crippen LogP contribution < -0.4 is 0 Å². The topological polar surface area (TPSA) is 44.8 Å². The lowest BCUT2D eigenvalue weighted by Crippen LogP contribution is -2.34. The summed E-state index contributed by atoms with van der Waals surface area (Å²) in [7, 11) is 0. The SMILES string of the molecule is C=C(C)C(=O)OC(C)(C)OCC1CCCO1. The molecule has 1 rings (SSSR count). The summed E-state index contributed by atoms with van der Waals surface area (Å²) >= 11 is 0. The van der Waals surface area contributed by atoms with Gasteiger partial charge in [-0.2, -0.15) is 0 Å². The molecule has 1 atom stereocenters. The average Bonchev–Trinajstić information content (AvgIpc) is 2.66. The molecule has 1 saturated heterocycles. The Morgan fingerprint density at radius 2 is 2.25 bits per heavy atom. The van der Waals surface area contributed by atoms with E-state index in [1.165, 1.54) is 0 Å². The predicted molar refractivity (Wildman–Crippen MR) is 59.9 cm³/mol. The summed E-state index contributed by atoms with van der Waals surface area (Å²) in [5.41, 5.74) is 0.369. The van der Waals surface area contributed by atoms with E-state index in [4.69, 9.17) is 14.2 Å². The highest BCUT2D eigenvalue weighted by molar-refractivity contribution is 5.87. The third-order valence-corrected chi connectivity index (χ3v) is 2.33. The molecular formula is C12H20O4. The number of carbonyl (C=O) groups is 1. The van der Waals surface area contributed by atoms with Gasteiger partial charge in [0.15, 0.2) is 0 Å². The van der Waals surface area contributed by atoms with Crippen LogP contribution in [0.25, 0.3) is 0 Å². The molecule has 0 aromatic rings. The van der Waals surface area contributed by atoms with E-state index in [1.807, 2.05) is 0 Å². The van der Waals surface area contributed by atoms with Crippen LogP contribution >= 0.6 is 0 Å². The number of hydrogen-bond donors (Lipinski definition) is 0. The van der Waals surface area contributed by atoms with Crippen LogP contribution in [0.3, 0.4) is 0 Å². The fourth-order valence-electron chi connectivity index (χ4n) is 1.41. The molecule has 0 aromatic heterocycles. The molecule has 0 aromatic carbocycles. The molecular weight excluding hydrogens is 208 g/mol. The summed E-state index contributed by atoms with van der Waals surface area (Å²) in [5, 5.41) is 0. The highest BCUT2D eigenvalue weighted by Crippen LogP contribution is 2.18.